The van der Waals surface area contributed by atoms with Gasteiger partial charge in [0, 0.05) is 5.27 Å². The van der Waals surface area contributed by atoms with Gasteiger partial charge in [0.1, 0.15) is 11.8 Å². The van der Waals surface area contributed by atoms with Crippen LogP contribution in [0.25, 0.3) is 0 Å². The molecule has 0 aliphatic heterocycles. The SMILES string of the molecule is Cc1nnoc1C#N. The van der Waals surface area contributed by atoms with E-state index in [0.717, 1.165) is 0 Å². The molecule has 0 fully saturated rings. The van der Waals surface area contributed by atoms with Crippen LogP contribution in [0.5, 0.6) is 0 Å². The molecular formula is C4H3N3O. The van der Waals surface area contributed by atoms with E-state index in [4.69, 9.17) is 5.26 Å². The van der Waals surface area contributed by atoms with Crippen molar-refractivity contribution in [2.75, 3.05) is 0 Å². The van der Waals surface area contributed by atoms with Gasteiger partial charge in [0.2, 0.25) is 0 Å². The monoisotopic (exact) mass is 109 g/mol. The third kappa shape index (κ3) is 0.540. The summed E-state index contributed by atoms with van der Waals surface area (Å²) in [6, 6.07) is 1.78. The maximum Gasteiger partial charge on any atom is 0.259 e. The number of nitrogens with zero attached hydrogens (tertiary/aromatic N) is 3. The maximum atomic E-state index is 8.18. The van der Waals surface area contributed by atoms with Gasteiger partial charge >= 0.3 is 0 Å². The molecule has 1 aromatic rings. The van der Waals surface area contributed by atoms with Crippen molar-refractivity contribution in [2.24, 2.45) is 0 Å². The molecule has 4 nitrogen and oxygen atoms in total. The fourth-order valence-electron chi connectivity index (χ4n) is 0.335. The van der Waals surface area contributed by atoms with E-state index in [1.807, 2.05) is 0 Å². The van der Waals surface area contributed by atoms with E-state index >= 15 is 0 Å². The van der Waals surface area contributed by atoms with Gasteiger partial charge in [-0.3, -0.25) is 0 Å². The van der Waals surface area contributed by atoms with Crippen LogP contribution in [0.4, 0.5) is 0 Å². The summed E-state index contributed by atoms with van der Waals surface area (Å²) in [6.07, 6.45) is 0. The Kier molecular flexibility index (Phi) is 0.968. The predicted octanol–water partition coefficient (Wildman–Crippen LogP) is 0.250. The zero-order valence-electron chi connectivity index (χ0n) is 4.25. The van der Waals surface area contributed by atoms with Gasteiger partial charge in [-0.05, 0) is 6.92 Å². The smallest absolute Gasteiger partial charge is 0.259 e. The summed E-state index contributed by atoms with van der Waals surface area (Å²) in [5.41, 5.74) is 0.535. The summed E-state index contributed by atoms with van der Waals surface area (Å²) >= 11 is 0. The molecule has 1 aromatic heterocycles. The molecule has 0 aliphatic rings. The Balaban J connectivity index is 3.15. The molecule has 0 spiro atoms. The summed E-state index contributed by atoms with van der Waals surface area (Å²) < 4.78 is 4.39. The van der Waals surface area contributed by atoms with Crippen LogP contribution in [0.1, 0.15) is 11.5 Å². The van der Waals surface area contributed by atoms with Crippen molar-refractivity contribution in [1.82, 2.24) is 10.4 Å². The second-order valence-electron chi connectivity index (χ2n) is 1.30. The molecule has 40 valence electrons. The lowest BCUT2D eigenvalue weighted by molar-refractivity contribution is 0.384. The molecule has 4 heteroatoms. The largest absolute Gasteiger partial charge is 0.326 e. The van der Waals surface area contributed by atoms with Gasteiger partial charge in [-0.25, -0.2) is 0 Å². The number of aryl methyl sites for hydroxylation is 1. The van der Waals surface area contributed by atoms with E-state index in [2.05, 4.69) is 14.9 Å². The van der Waals surface area contributed by atoms with E-state index in [1.54, 1.807) is 13.0 Å². The van der Waals surface area contributed by atoms with Crippen LogP contribution in [0.2, 0.25) is 0 Å². The molecule has 0 N–H and O–H groups in total. The fourth-order valence-corrected chi connectivity index (χ4v) is 0.335. The molecule has 0 aromatic carbocycles. The van der Waals surface area contributed by atoms with Gasteiger partial charge in [-0.2, -0.15) is 5.26 Å². The zero-order valence-corrected chi connectivity index (χ0v) is 4.25. The molecule has 0 saturated carbocycles. The third-order valence-corrected chi connectivity index (χ3v) is 0.753. The number of hydrogen-bond acceptors (Lipinski definition) is 4. The first-order valence-corrected chi connectivity index (χ1v) is 2.03. The topological polar surface area (TPSA) is 62.7 Å². The molecule has 0 bridgehead atoms. The molecule has 0 unspecified atom stereocenters. The molecule has 0 atom stereocenters. The summed E-state index contributed by atoms with van der Waals surface area (Å²) in [6.45, 7) is 1.66. The van der Waals surface area contributed by atoms with Gasteiger partial charge in [0.05, 0.1) is 0 Å². The van der Waals surface area contributed by atoms with Gasteiger partial charge in [0.15, 0.2) is 0 Å². The lowest BCUT2D eigenvalue weighted by Gasteiger charge is -1.69. The zero-order chi connectivity index (χ0) is 5.98. The second-order valence-corrected chi connectivity index (χ2v) is 1.30. The van der Waals surface area contributed by atoms with Gasteiger partial charge in [-0.1, -0.05) is 0 Å². The highest BCUT2D eigenvalue weighted by Crippen LogP contribution is 1.97. The maximum absolute atomic E-state index is 8.18. The first-order valence-electron chi connectivity index (χ1n) is 2.03. The van der Waals surface area contributed by atoms with E-state index in [0.29, 0.717) is 5.69 Å². The van der Waals surface area contributed by atoms with Gasteiger partial charge < -0.3 is 4.52 Å². The minimum Gasteiger partial charge on any atom is -0.326 e. The standard InChI is InChI=1S/C4H3N3O/c1-3-4(2-5)8-7-6-3/h1H3. The molecule has 1 rings (SSSR count). The molecule has 0 amide bonds. The van der Waals surface area contributed by atoms with E-state index in [9.17, 15) is 0 Å². The first kappa shape index (κ1) is 4.78. The van der Waals surface area contributed by atoms with Crippen LogP contribution in [0.15, 0.2) is 4.52 Å². The van der Waals surface area contributed by atoms with Crippen LogP contribution >= 0.6 is 0 Å². The minimum atomic E-state index is 0.185. The third-order valence-electron chi connectivity index (χ3n) is 0.753. The Bertz CT molecular complexity index is 221. The summed E-state index contributed by atoms with van der Waals surface area (Å²) in [7, 11) is 0. The number of nitriles is 1. The van der Waals surface area contributed by atoms with Crippen molar-refractivity contribution in [3.8, 4) is 6.07 Å². The van der Waals surface area contributed by atoms with Crippen molar-refractivity contribution < 1.29 is 4.52 Å². The van der Waals surface area contributed by atoms with E-state index < -0.39 is 0 Å². The number of hydrogen-bond donors (Lipinski definition) is 0. The van der Waals surface area contributed by atoms with Crippen molar-refractivity contribution in [2.45, 2.75) is 6.92 Å². The molecule has 0 saturated heterocycles. The van der Waals surface area contributed by atoms with E-state index in [-0.39, 0.29) is 5.76 Å². The van der Waals surface area contributed by atoms with Crippen molar-refractivity contribution >= 4 is 0 Å². The Labute approximate surface area is 45.7 Å². The van der Waals surface area contributed by atoms with Crippen LogP contribution in [0, 0.1) is 18.3 Å². The number of aromatic nitrogens is 2. The molecule has 0 aliphatic carbocycles. The highest BCUT2D eigenvalue weighted by Gasteiger charge is 2.00. The van der Waals surface area contributed by atoms with Crippen molar-refractivity contribution in [3.05, 3.63) is 11.5 Å². The normalized spacial score (nSPS) is 8.50. The summed E-state index contributed by atoms with van der Waals surface area (Å²) in [4.78, 5) is 0. The predicted molar refractivity (Wildman–Crippen MR) is 23.7 cm³/mol. The van der Waals surface area contributed by atoms with Crippen LogP contribution in [-0.4, -0.2) is 10.4 Å². The van der Waals surface area contributed by atoms with Crippen molar-refractivity contribution in [1.29, 1.82) is 5.26 Å². The molecule has 1 heterocycles. The van der Waals surface area contributed by atoms with Crippen LogP contribution in [-0.2, 0) is 0 Å². The second kappa shape index (κ2) is 1.62. The van der Waals surface area contributed by atoms with Gasteiger partial charge in [-0.15, -0.1) is 5.10 Å². The molecule has 8 heavy (non-hydrogen) atoms. The van der Waals surface area contributed by atoms with Crippen LogP contribution < -0.4 is 0 Å². The van der Waals surface area contributed by atoms with Crippen molar-refractivity contribution in [3.63, 3.8) is 0 Å². The van der Waals surface area contributed by atoms with Gasteiger partial charge in [0.25, 0.3) is 5.76 Å². The Morgan fingerprint density at radius 3 is 2.75 bits per heavy atom. The summed E-state index contributed by atoms with van der Waals surface area (Å²) in [5.74, 6) is 0.185. The lowest BCUT2D eigenvalue weighted by Crippen LogP contribution is -1.72. The minimum absolute atomic E-state index is 0.185. The quantitative estimate of drug-likeness (QED) is 0.479. The Hall–Kier alpha value is -1.37. The average Bonchev–Trinajstić information content (AvgIpc) is 2.14. The average molecular weight is 109 g/mol. The molecule has 0 radical (unpaired) electrons. The summed E-state index contributed by atoms with van der Waals surface area (Å²) in [5, 5.41) is 14.8. The first-order chi connectivity index (χ1) is 3.84. The molecular weight excluding hydrogens is 106 g/mol. The van der Waals surface area contributed by atoms with E-state index in [1.165, 1.54) is 0 Å². The Morgan fingerprint density at radius 1 is 1.75 bits per heavy atom. The highest BCUT2D eigenvalue weighted by molar-refractivity contribution is 5.18. The Morgan fingerprint density at radius 2 is 2.50 bits per heavy atom. The van der Waals surface area contributed by atoms with Crippen LogP contribution in [0.3, 0.4) is 0 Å². The highest BCUT2D eigenvalue weighted by atomic mass is 16.5. The lowest BCUT2D eigenvalue weighted by atomic mass is 10.4. The fraction of sp³-hybridized carbons (Fsp3) is 0.250. The number of rotatable bonds is 0.